The molecule has 0 bridgehead atoms. The molecule has 156 valence electrons. The van der Waals surface area contributed by atoms with Gasteiger partial charge in [0.1, 0.15) is 0 Å². The first-order valence-corrected chi connectivity index (χ1v) is 10.2. The van der Waals surface area contributed by atoms with Crippen LogP contribution in [0.15, 0.2) is 48.5 Å². The van der Waals surface area contributed by atoms with Crippen LogP contribution in [-0.4, -0.2) is 17.9 Å². The standard InChI is InChI=1S/C24H33N3O2/c1-15(2)14-18-6-8-19(9-7-18)22(16(3)4)26-17(5)24(29)27-21-12-10-20(11-13-21)23(25)28/h6-13,15-17,22,26H,14H2,1-5H3,(H2,25,28)(H,27,29). The third-order valence-corrected chi connectivity index (χ3v) is 4.91. The van der Waals surface area contributed by atoms with Crippen LogP contribution >= 0.6 is 0 Å². The highest BCUT2D eigenvalue weighted by Crippen LogP contribution is 2.23. The highest BCUT2D eigenvalue weighted by atomic mass is 16.2. The molecule has 0 spiro atoms. The Kier molecular flexibility index (Phi) is 7.97. The maximum atomic E-state index is 12.6. The minimum Gasteiger partial charge on any atom is -0.366 e. The van der Waals surface area contributed by atoms with E-state index in [1.807, 2.05) is 6.92 Å². The molecule has 5 heteroatoms. The molecular formula is C24H33N3O2. The summed E-state index contributed by atoms with van der Waals surface area (Å²) in [5.41, 5.74) is 8.80. The van der Waals surface area contributed by atoms with Crippen LogP contribution in [0.3, 0.4) is 0 Å². The van der Waals surface area contributed by atoms with Crippen LogP contribution < -0.4 is 16.4 Å². The van der Waals surface area contributed by atoms with Crippen molar-refractivity contribution >= 4 is 17.5 Å². The second-order valence-electron chi connectivity index (χ2n) is 8.38. The van der Waals surface area contributed by atoms with Crippen LogP contribution in [0.1, 0.15) is 62.1 Å². The highest BCUT2D eigenvalue weighted by molar-refractivity contribution is 5.96. The second kappa shape index (κ2) is 10.2. The van der Waals surface area contributed by atoms with E-state index < -0.39 is 5.91 Å². The minimum absolute atomic E-state index is 0.0705. The van der Waals surface area contributed by atoms with Crippen LogP contribution in [0.25, 0.3) is 0 Å². The highest BCUT2D eigenvalue weighted by Gasteiger charge is 2.22. The van der Waals surface area contributed by atoms with E-state index >= 15 is 0 Å². The van der Waals surface area contributed by atoms with Crippen LogP contribution in [0.5, 0.6) is 0 Å². The van der Waals surface area contributed by atoms with Crippen LogP contribution in [-0.2, 0) is 11.2 Å². The zero-order valence-electron chi connectivity index (χ0n) is 18.0. The van der Waals surface area contributed by atoms with Crippen molar-refractivity contribution in [3.63, 3.8) is 0 Å². The smallest absolute Gasteiger partial charge is 0.248 e. The molecule has 0 heterocycles. The number of anilines is 1. The Morgan fingerprint density at radius 3 is 1.97 bits per heavy atom. The number of primary amides is 1. The molecule has 4 N–H and O–H groups in total. The van der Waals surface area contributed by atoms with E-state index in [9.17, 15) is 9.59 Å². The van der Waals surface area contributed by atoms with Crippen molar-refractivity contribution in [2.75, 3.05) is 5.32 Å². The Morgan fingerprint density at radius 2 is 1.48 bits per heavy atom. The molecule has 0 aliphatic carbocycles. The fourth-order valence-corrected chi connectivity index (χ4v) is 3.32. The van der Waals surface area contributed by atoms with Crippen LogP contribution in [0, 0.1) is 11.8 Å². The lowest BCUT2D eigenvalue weighted by molar-refractivity contribution is -0.118. The first-order chi connectivity index (χ1) is 13.7. The third kappa shape index (κ3) is 6.71. The normalized spacial score (nSPS) is 13.3. The van der Waals surface area contributed by atoms with Gasteiger partial charge in [0.25, 0.3) is 0 Å². The summed E-state index contributed by atoms with van der Waals surface area (Å²) in [5.74, 6) is 0.340. The first-order valence-electron chi connectivity index (χ1n) is 10.2. The number of rotatable bonds is 9. The van der Waals surface area contributed by atoms with Crippen LogP contribution in [0.4, 0.5) is 5.69 Å². The molecule has 29 heavy (non-hydrogen) atoms. The Balaban J connectivity index is 2.03. The monoisotopic (exact) mass is 395 g/mol. The molecule has 0 saturated carbocycles. The number of hydrogen-bond donors (Lipinski definition) is 3. The molecule has 0 aliphatic rings. The molecule has 2 unspecified atom stereocenters. The van der Waals surface area contributed by atoms with Gasteiger partial charge in [0.15, 0.2) is 0 Å². The number of hydrogen-bond acceptors (Lipinski definition) is 3. The lowest BCUT2D eigenvalue weighted by Gasteiger charge is -2.27. The van der Waals surface area contributed by atoms with Gasteiger partial charge in [-0.25, -0.2) is 0 Å². The summed E-state index contributed by atoms with van der Waals surface area (Å²) in [6.45, 7) is 10.6. The molecule has 5 nitrogen and oxygen atoms in total. The predicted molar refractivity (Wildman–Crippen MR) is 119 cm³/mol. The van der Waals surface area contributed by atoms with Gasteiger partial charge in [0, 0.05) is 17.3 Å². The molecule has 2 rings (SSSR count). The molecule has 0 radical (unpaired) electrons. The molecule has 0 saturated heterocycles. The molecule has 0 aliphatic heterocycles. The van der Waals surface area contributed by atoms with E-state index in [4.69, 9.17) is 5.73 Å². The number of benzene rings is 2. The van der Waals surface area contributed by atoms with E-state index in [0.29, 0.717) is 23.1 Å². The number of carbonyl (C=O) groups is 2. The third-order valence-electron chi connectivity index (χ3n) is 4.91. The molecule has 0 aromatic heterocycles. The molecule has 2 amide bonds. The van der Waals surface area contributed by atoms with Gasteiger partial charge < -0.3 is 11.1 Å². The average molecular weight is 396 g/mol. The van der Waals surface area contributed by atoms with Gasteiger partial charge >= 0.3 is 0 Å². The number of nitrogens with two attached hydrogens (primary N) is 1. The van der Waals surface area contributed by atoms with Gasteiger partial charge in [-0.1, -0.05) is 52.0 Å². The zero-order chi connectivity index (χ0) is 21.6. The summed E-state index contributed by atoms with van der Waals surface area (Å²) in [5, 5.41) is 6.34. The van der Waals surface area contributed by atoms with Gasteiger partial charge in [-0.2, -0.15) is 0 Å². The second-order valence-corrected chi connectivity index (χ2v) is 8.38. The summed E-state index contributed by atoms with van der Waals surface area (Å²) in [7, 11) is 0. The van der Waals surface area contributed by atoms with Crippen molar-refractivity contribution in [2.24, 2.45) is 17.6 Å². The van der Waals surface area contributed by atoms with Crippen molar-refractivity contribution in [2.45, 2.75) is 53.1 Å². The first kappa shape index (κ1) is 22.6. The fraction of sp³-hybridized carbons (Fsp3) is 0.417. The number of carbonyl (C=O) groups excluding carboxylic acids is 2. The van der Waals surface area contributed by atoms with Crippen molar-refractivity contribution in [3.05, 3.63) is 65.2 Å². The van der Waals surface area contributed by atoms with Gasteiger partial charge in [-0.3, -0.25) is 14.9 Å². The summed E-state index contributed by atoms with van der Waals surface area (Å²) in [6, 6.07) is 14.9. The van der Waals surface area contributed by atoms with Gasteiger partial charge in [-0.05, 0) is 60.6 Å². The number of nitrogens with one attached hydrogen (secondary N) is 2. The van der Waals surface area contributed by atoms with Gasteiger partial charge in [-0.15, -0.1) is 0 Å². The Hall–Kier alpha value is -2.66. The lowest BCUT2D eigenvalue weighted by Crippen LogP contribution is -2.41. The van der Waals surface area contributed by atoms with E-state index in [-0.39, 0.29) is 18.0 Å². The van der Waals surface area contributed by atoms with Gasteiger partial charge in [0.05, 0.1) is 6.04 Å². The zero-order valence-corrected chi connectivity index (χ0v) is 18.0. The molecule has 0 fully saturated rings. The van der Waals surface area contributed by atoms with E-state index in [2.05, 4.69) is 62.6 Å². The van der Waals surface area contributed by atoms with E-state index in [0.717, 1.165) is 6.42 Å². The predicted octanol–water partition coefficient (Wildman–Crippen LogP) is 4.30. The van der Waals surface area contributed by atoms with Crippen molar-refractivity contribution < 1.29 is 9.59 Å². The molecule has 2 aromatic rings. The van der Waals surface area contributed by atoms with Crippen molar-refractivity contribution in [1.29, 1.82) is 0 Å². The quantitative estimate of drug-likeness (QED) is 0.592. The maximum Gasteiger partial charge on any atom is 0.248 e. The van der Waals surface area contributed by atoms with Crippen LogP contribution in [0.2, 0.25) is 0 Å². The summed E-state index contributed by atoms with van der Waals surface area (Å²) >= 11 is 0. The molecule has 2 aromatic carbocycles. The Bertz CT molecular complexity index is 811. The maximum absolute atomic E-state index is 12.6. The Labute approximate surface area is 174 Å². The van der Waals surface area contributed by atoms with E-state index in [1.165, 1.54) is 11.1 Å². The van der Waals surface area contributed by atoms with E-state index in [1.54, 1.807) is 24.3 Å². The topological polar surface area (TPSA) is 84.2 Å². The van der Waals surface area contributed by atoms with Crippen molar-refractivity contribution in [1.82, 2.24) is 5.32 Å². The summed E-state index contributed by atoms with van der Waals surface area (Å²) < 4.78 is 0. The summed E-state index contributed by atoms with van der Waals surface area (Å²) in [4.78, 5) is 23.8. The minimum atomic E-state index is -0.489. The van der Waals surface area contributed by atoms with Gasteiger partial charge in [0.2, 0.25) is 11.8 Å². The fourth-order valence-electron chi connectivity index (χ4n) is 3.32. The molecular weight excluding hydrogens is 362 g/mol. The summed E-state index contributed by atoms with van der Waals surface area (Å²) in [6.07, 6.45) is 1.06. The largest absolute Gasteiger partial charge is 0.366 e. The average Bonchev–Trinajstić information content (AvgIpc) is 2.66. The molecule has 2 atom stereocenters. The van der Waals surface area contributed by atoms with Crippen molar-refractivity contribution in [3.8, 4) is 0 Å². The SMILES string of the molecule is CC(C)Cc1ccc(C(NC(C)C(=O)Nc2ccc(C(N)=O)cc2)C(C)C)cc1. The lowest BCUT2D eigenvalue weighted by atomic mass is 9.93. The Morgan fingerprint density at radius 1 is 0.897 bits per heavy atom. The number of amides is 2.